The predicted molar refractivity (Wildman–Crippen MR) is 27.7 cm³/mol. The van der Waals surface area contributed by atoms with Gasteiger partial charge in [-0.15, -0.1) is 0 Å². The van der Waals surface area contributed by atoms with E-state index >= 15 is 0 Å². The summed E-state index contributed by atoms with van der Waals surface area (Å²) in [6.45, 7) is 2.04. The van der Waals surface area contributed by atoms with Crippen LogP contribution in [0.1, 0.15) is 6.92 Å². The minimum absolute atomic E-state index is 0. The third-order valence-corrected chi connectivity index (χ3v) is 0.372. The first-order valence-corrected chi connectivity index (χ1v) is 1.78. The number of hydrogen-bond donors (Lipinski definition) is 0. The van der Waals surface area contributed by atoms with Crippen LogP contribution in [-0.2, 0) is 20.1 Å². The molecular formula is C2H5B3Ir. The Morgan fingerprint density at radius 3 is 2.17 bits per heavy atom. The molecular weight excluding hydrogens is 249 g/mol. The molecule has 5 radical (unpaired) electrons. The Hall–Kier alpha value is 0.844. The minimum atomic E-state index is 0. The van der Waals surface area contributed by atoms with Crippen molar-refractivity contribution < 1.29 is 20.1 Å². The molecule has 4 heteroatoms. The summed E-state index contributed by atoms with van der Waals surface area (Å²) in [5, 5.41) is 0. The number of rotatable bonds is 2. The average Bonchev–Trinajstić information content (AvgIpc) is 1.41. The summed E-state index contributed by atoms with van der Waals surface area (Å²) < 4.78 is 0. The molecule has 0 aromatic rings. The second-order valence-electron chi connectivity index (χ2n) is 0.836. The van der Waals surface area contributed by atoms with Crippen molar-refractivity contribution in [2.45, 2.75) is 13.2 Å². The van der Waals surface area contributed by atoms with E-state index in [1.807, 2.05) is 14.1 Å². The largest absolute Gasteiger partial charge is 0.0923 e. The van der Waals surface area contributed by atoms with E-state index in [1.165, 1.54) is 0 Å². The fourth-order valence-corrected chi connectivity index (χ4v) is 0.136. The molecule has 0 nitrogen and oxygen atoms in total. The molecule has 0 saturated heterocycles. The first-order valence-electron chi connectivity index (χ1n) is 1.78. The Morgan fingerprint density at radius 1 is 1.67 bits per heavy atom. The SMILES string of the molecule is [B][B][B]CC.[Ir]. The second kappa shape index (κ2) is 9.28. The van der Waals surface area contributed by atoms with Gasteiger partial charge in [-0.25, -0.2) is 0 Å². The molecule has 6 heavy (non-hydrogen) atoms. The van der Waals surface area contributed by atoms with Crippen LogP contribution in [0, 0.1) is 0 Å². The Balaban J connectivity index is 0. The van der Waals surface area contributed by atoms with Gasteiger partial charge in [-0.3, -0.25) is 0 Å². The van der Waals surface area contributed by atoms with Gasteiger partial charge in [0, 0.05) is 34.9 Å². The van der Waals surface area contributed by atoms with E-state index in [0.29, 0.717) is 0 Å². The molecule has 0 bridgehead atoms. The van der Waals surface area contributed by atoms with Gasteiger partial charge in [0.05, 0.1) is 7.17 Å². The Morgan fingerprint density at radius 2 is 2.17 bits per heavy atom. The molecule has 0 rings (SSSR count). The third-order valence-electron chi connectivity index (χ3n) is 0.372. The summed E-state index contributed by atoms with van der Waals surface area (Å²) in [5.41, 5.74) is 0. The van der Waals surface area contributed by atoms with Crippen molar-refractivity contribution in [3.63, 3.8) is 0 Å². The molecule has 0 saturated carbocycles. The minimum Gasteiger partial charge on any atom is -0.0923 e. The molecule has 0 aromatic heterocycles. The van der Waals surface area contributed by atoms with E-state index in [-0.39, 0.29) is 20.1 Å². The molecule has 0 aliphatic rings. The van der Waals surface area contributed by atoms with E-state index in [0.717, 1.165) is 6.32 Å². The molecule has 0 aliphatic heterocycles. The smallest absolute Gasteiger partial charge is 0.0541 e. The molecule has 0 unspecified atom stereocenters. The molecule has 0 atom stereocenters. The normalized spacial score (nSPS) is 5.50. The summed E-state index contributed by atoms with van der Waals surface area (Å²) in [6.07, 6.45) is 1.04. The molecule has 0 N–H and O–H groups in total. The standard InChI is InChI=1S/C2H5B3.Ir/c1-2-4-5-3;/h2H2,1H3;. The van der Waals surface area contributed by atoms with E-state index in [9.17, 15) is 0 Å². The summed E-state index contributed by atoms with van der Waals surface area (Å²) >= 11 is 0. The van der Waals surface area contributed by atoms with Crippen LogP contribution >= 0.6 is 0 Å². The maximum Gasteiger partial charge on any atom is 0.0541 e. The quantitative estimate of drug-likeness (QED) is 0.600. The maximum absolute atomic E-state index is 4.96. The van der Waals surface area contributed by atoms with Gasteiger partial charge in [0.25, 0.3) is 0 Å². The van der Waals surface area contributed by atoms with Gasteiger partial charge in [-0.05, 0) is 0 Å². The molecule has 0 spiro atoms. The van der Waals surface area contributed by atoms with Crippen molar-refractivity contribution in [3.05, 3.63) is 0 Å². The molecule has 0 fully saturated rings. The van der Waals surface area contributed by atoms with Crippen LogP contribution in [0.4, 0.5) is 0 Å². The summed E-state index contributed by atoms with van der Waals surface area (Å²) in [4.78, 5) is 0. The van der Waals surface area contributed by atoms with Crippen LogP contribution < -0.4 is 0 Å². The van der Waals surface area contributed by atoms with Crippen molar-refractivity contribution in [2.24, 2.45) is 0 Å². The molecule has 0 aliphatic carbocycles. The molecule has 31 valence electrons. The van der Waals surface area contributed by atoms with E-state index in [1.54, 1.807) is 7.06 Å². The summed E-state index contributed by atoms with van der Waals surface area (Å²) in [6, 6.07) is 0. The van der Waals surface area contributed by atoms with Gasteiger partial charge < -0.3 is 0 Å². The molecule has 0 amide bonds. The van der Waals surface area contributed by atoms with Gasteiger partial charge in [-0.2, -0.15) is 0 Å². The van der Waals surface area contributed by atoms with Gasteiger partial charge in [0.1, 0.15) is 0 Å². The third kappa shape index (κ3) is 8.85. The van der Waals surface area contributed by atoms with Crippen LogP contribution in [-0.4, -0.2) is 22.0 Å². The van der Waals surface area contributed by atoms with E-state index in [4.69, 9.17) is 7.74 Å². The Bertz CT molecular complexity index is 16.3. The van der Waals surface area contributed by atoms with E-state index in [2.05, 4.69) is 0 Å². The van der Waals surface area contributed by atoms with Crippen LogP contribution in [0.2, 0.25) is 6.32 Å². The topological polar surface area (TPSA) is 0 Å². The van der Waals surface area contributed by atoms with Crippen molar-refractivity contribution >= 4 is 22.0 Å². The van der Waals surface area contributed by atoms with Crippen LogP contribution in [0.25, 0.3) is 0 Å². The van der Waals surface area contributed by atoms with Crippen LogP contribution in [0.15, 0.2) is 0 Å². The van der Waals surface area contributed by atoms with Gasteiger partial charge in [0.15, 0.2) is 0 Å². The van der Waals surface area contributed by atoms with Crippen molar-refractivity contribution in [3.8, 4) is 0 Å². The summed E-state index contributed by atoms with van der Waals surface area (Å²) in [5.74, 6) is 0. The predicted octanol–water partition coefficient (Wildman–Crippen LogP) is -0.171. The second-order valence-corrected chi connectivity index (χ2v) is 0.836. The van der Waals surface area contributed by atoms with E-state index < -0.39 is 0 Å². The Kier molecular flexibility index (Phi) is 15.4. The van der Waals surface area contributed by atoms with Crippen LogP contribution in [0.3, 0.4) is 0 Å². The van der Waals surface area contributed by atoms with Gasteiger partial charge in [-0.1, -0.05) is 13.2 Å². The molecule has 0 heterocycles. The van der Waals surface area contributed by atoms with Crippen LogP contribution in [0.5, 0.6) is 0 Å². The zero-order valence-corrected chi connectivity index (χ0v) is 6.17. The summed E-state index contributed by atoms with van der Waals surface area (Å²) in [7, 11) is 8.42. The zero-order chi connectivity index (χ0) is 4.12. The Labute approximate surface area is 55.7 Å². The van der Waals surface area contributed by atoms with Gasteiger partial charge in [0.2, 0.25) is 0 Å². The number of hydrogen-bond acceptors (Lipinski definition) is 0. The maximum atomic E-state index is 4.96. The fourth-order valence-electron chi connectivity index (χ4n) is 0.136. The van der Waals surface area contributed by atoms with Crippen molar-refractivity contribution in [1.29, 1.82) is 0 Å². The fraction of sp³-hybridized carbons (Fsp3) is 1.00. The molecule has 0 aromatic carbocycles. The average molecular weight is 254 g/mol. The first-order chi connectivity index (χ1) is 2.41. The van der Waals surface area contributed by atoms with Crippen molar-refractivity contribution in [1.82, 2.24) is 0 Å². The zero-order valence-electron chi connectivity index (χ0n) is 3.77. The van der Waals surface area contributed by atoms with Crippen molar-refractivity contribution in [2.75, 3.05) is 0 Å². The first kappa shape index (κ1) is 9.96. The van der Waals surface area contributed by atoms with Gasteiger partial charge >= 0.3 is 0 Å². The monoisotopic (exact) mass is 255 g/mol.